The number of thiophene rings is 1. The molecule has 0 spiro atoms. The SMILES string of the molecule is Nc1nocc1-c1cccs1. The lowest BCUT2D eigenvalue weighted by molar-refractivity contribution is 0.423. The van der Waals surface area contributed by atoms with Gasteiger partial charge < -0.3 is 10.3 Å². The highest BCUT2D eigenvalue weighted by Crippen LogP contribution is 2.28. The zero-order valence-electron chi connectivity index (χ0n) is 5.65. The number of rotatable bonds is 1. The fourth-order valence-corrected chi connectivity index (χ4v) is 1.60. The van der Waals surface area contributed by atoms with E-state index in [1.165, 1.54) is 0 Å². The minimum atomic E-state index is 0.451. The lowest BCUT2D eigenvalue weighted by Gasteiger charge is -1.87. The van der Waals surface area contributed by atoms with Gasteiger partial charge in [0, 0.05) is 4.88 Å². The van der Waals surface area contributed by atoms with Crippen LogP contribution >= 0.6 is 11.3 Å². The summed E-state index contributed by atoms with van der Waals surface area (Å²) in [5.74, 6) is 0.451. The van der Waals surface area contributed by atoms with Crippen LogP contribution in [0, 0.1) is 0 Å². The molecule has 0 aliphatic carbocycles. The van der Waals surface area contributed by atoms with Gasteiger partial charge in [0.1, 0.15) is 6.26 Å². The molecule has 4 heteroatoms. The van der Waals surface area contributed by atoms with Crippen molar-refractivity contribution >= 4 is 17.2 Å². The number of nitrogens with zero attached hydrogens (tertiary/aromatic N) is 1. The first-order valence-electron chi connectivity index (χ1n) is 3.11. The van der Waals surface area contributed by atoms with Crippen LogP contribution < -0.4 is 5.73 Å². The molecule has 56 valence electrons. The Morgan fingerprint density at radius 2 is 2.45 bits per heavy atom. The lowest BCUT2D eigenvalue weighted by Crippen LogP contribution is -1.84. The number of anilines is 1. The number of aromatic nitrogens is 1. The zero-order chi connectivity index (χ0) is 7.68. The summed E-state index contributed by atoms with van der Waals surface area (Å²) < 4.78 is 4.70. The second-order valence-electron chi connectivity index (χ2n) is 2.09. The maximum absolute atomic E-state index is 5.53. The van der Waals surface area contributed by atoms with E-state index < -0.39 is 0 Å². The summed E-state index contributed by atoms with van der Waals surface area (Å²) in [6.45, 7) is 0. The molecule has 3 nitrogen and oxygen atoms in total. The van der Waals surface area contributed by atoms with Crippen LogP contribution in [-0.2, 0) is 0 Å². The Balaban J connectivity index is 2.53. The first-order chi connectivity index (χ1) is 5.38. The molecule has 0 fully saturated rings. The van der Waals surface area contributed by atoms with Crippen LogP contribution in [-0.4, -0.2) is 5.16 Å². The first-order valence-corrected chi connectivity index (χ1v) is 3.99. The van der Waals surface area contributed by atoms with Crippen LogP contribution in [0.3, 0.4) is 0 Å². The van der Waals surface area contributed by atoms with Crippen molar-refractivity contribution in [3.8, 4) is 10.4 Å². The van der Waals surface area contributed by atoms with Crippen LogP contribution in [0.2, 0.25) is 0 Å². The summed E-state index contributed by atoms with van der Waals surface area (Å²) in [4.78, 5) is 1.09. The number of hydrogen-bond donors (Lipinski definition) is 1. The molecule has 2 N–H and O–H groups in total. The number of nitrogen functional groups attached to an aromatic ring is 1. The molecule has 0 amide bonds. The summed E-state index contributed by atoms with van der Waals surface area (Å²) in [7, 11) is 0. The lowest BCUT2D eigenvalue weighted by atomic mass is 10.3. The summed E-state index contributed by atoms with van der Waals surface area (Å²) >= 11 is 1.61. The van der Waals surface area contributed by atoms with Gasteiger partial charge in [0.2, 0.25) is 0 Å². The molecule has 0 saturated carbocycles. The maximum atomic E-state index is 5.53. The summed E-state index contributed by atoms with van der Waals surface area (Å²) in [5, 5.41) is 5.57. The van der Waals surface area contributed by atoms with E-state index in [2.05, 4.69) is 5.16 Å². The molecule has 0 saturated heterocycles. The largest absolute Gasteiger partial charge is 0.380 e. The molecule has 2 heterocycles. The molecular weight excluding hydrogens is 160 g/mol. The molecule has 2 rings (SSSR count). The van der Waals surface area contributed by atoms with E-state index in [1.807, 2.05) is 17.5 Å². The highest BCUT2D eigenvalue weighted by Gasteiger charge is 2.05. The third-order valence-corrected chi connectivity index (χ3v) is 2.29. The standard InChI is InChI=1S/C7H6N2OS/c8-7-5(4-10-9-7)6-2-1-3-11-6/h1-4H,(H2,8,9). The van der Waals surface area contributed by atoms with Crippen molar-refractivity contribution in [2.24, 2.45) is 0 Å². The second kappa shape index (κ2) is 2.39. The quantitative estimate of drug-likeness (QED) is 0.704. The molecule has 2 aromatic heterocycles. The van der Waals surface area contributed by atoms with Gasteiger partial charge in [-0.05, 0) is 11.4 Å². The highest BCUT2D eigenvalue weighted by molar-refractivity contribution is 7.13. The second-order valence-corrected chi connectivity index (χ2v) is 3.04. The first kappa shape index (κ1) is 6.42. The Hall–Kier alpha value is -1.29. The van der Waals surface area contributed by atoms with Crippen molar-refractivity contribution < 1.29 is 4.52 Å². The van der Waals surface area contributed by atoms with Gasteiger partial charge in [0.05, 0.1) is 5.56 Å². The third-order valence-electron chi connectivity index (χ3n) is 1.38. The normalized spacial score (nSPS) is 10.2. The molecular formula is C7H6N2OS. The predicted octanol–water partition coefficient (Wildman–Crippen LogP) is 1.99. The maximum Gasteiger partial charge on any atom is 0.175 e. The van der Waals surface area contributed by atoms with Crippen LogP contribution in [0.1, 0.15) is 0 Å². The molecule has 0 aromatic carbocycles. The summed E-state index contributed by atoms with van der Waals surface area (Å²) in [6.07, 6.45) is 1.56. The zero-order valence-corrected chi connectivity index (χ0v) is 6.47. The molecule has 2 aromatic rings. The van der Waals surface area contributed by atoms with Gasteiger partial charge in [-0.25, -0.2) is 0 Å². The highest BCUT2D eigenvalue weighted by atomic mass is 32.1. The minimum absolute atomic E-state index is 0.451. The Morgan fingerprint density at radius 3 is 3.00 bits per heavy atom. The molecule has 0 aliphatic heterocycles. The van der Waals surface area contributed by atoms with Crippen molar-refractivity contribution in [3.05, 3.63) is 23.8 Å². The van der Waals surface area contributed by atoms with Gasteiger partial charge in [0.15, 0.2) is 5.82 Å². The Bertz CT molecular complexity index is 339. The third kappa shape index (κ3) is 1.01. The van der Waals surface area contributed by atoms with Crippen LogP contribution in [0.5, 0.6) is 0 Å². The molecule has 0 unspecified atom stereocenters. The van der Waals surface area contributed by atoms with E-state index in [9.17, 15) is 0 Å². The summed E-state index contributed by atoms with van der Waals surface area (Å²) in [6, 6.07) is 3.94. The van der Waals surface area contributed by atoms with E-state index in [-0.39, 0.29) is 0 Å². The molecule has 0 atom stereocenters. The van der Waals surface area contributed by atoms with E-state index in [4.69, 9.17) is 10.3 Å². The van der Waals surface area contributed by atoms with Crippen molar-refractivity contribution in [1.82, 2.24) is 5.16 Å². The van der Waals surface area contributed by atoms with Crippen LogP contribution in [0.25, 0.3) is 10.4 Å². The van der Waals surface area contributed by atoms with Gasteiger partial charge in [0.25, 0.3) is 0 Å². The minimum Gasteiger partial charge on any atom is -0.380 e. The van der Waals surface area contributed by atoms with Gasteiger partial charge in [-0.1, -0.05) is 11.2 Å². The van der Waals surface area contributed by atoms with E-state index in [0.717, 1.165) is 10.4 Å². The molecule has 0 bridgehead atoms. The van der Waals surface area contributed by atoms with Gasteiger partial charge >= 0.3 is 0 Å². The van der Waals surface area contributed by atoms with Gasteiger partial charge in [-0.15, -0.1) is 11.3 Å². The Morgan fingerprint density at radius 1 is 1.55 bits per heavy atom. The van der Waals surface area contributed by atoms with E-state index >= 15 is 0 Å². The fourth-order valence-electron chi connectivity index (χ4n) is 0.862. The van der Waals surface area contributed by atoms with Gasteiger partial charge in [-0.3, -0.25) is 0 Å². The van der Waals surface area contributed by atoms with Crippen molar-refractivity contribution in [2.45, 2.75) is 0 Å². The van der Waals surface area contributed by atoms with E-state index in [1.54, 1.807) is 17.6 Å². The fraction of sp³-hybridized carbons (Fsp3) is 0. The molecule has 0 radical (unpaired) electrons. The smallest absolute Gasteiger partial charge is 0.175 e. The van der Waals surface area contributed by atoms with E-state index in [0.29, 0.717) is 5.82 Å². The average Bonchev–Trinajstić information content (AvgIpc) is 2.55. The van der Waals surface area contributed by atoms with Crippen molar-refractivity contribution in [1.29, 1.82) is 0 Å². The monoisotopic (exact) mass is 166 g/mol. The molecule has 0 aliphatic rings. The predicted molar refractivity (Wildman–Crippen MR) is 44.2 cm³/mol. The topological polar surface area (TPSA) is 52.0 Å². The average molecular weight is 166 g/mol. The number of hydrogen-bond acceptors (Lipinski definition) is 4. The van der Waals surface area contributed by atoms with Crippen molar-refractivity contribution in [2.75, 3.05) is 5.73 Å². The van der Waals surface area contributed by atoms with Crippen molar-refractivity contribution in [3.63, 3.8) is 0 Å². The Kier molecular flexibility index (Phi) is 1.40. The van der Waals surface area contributed by atoms with Crippen LogP contribution in [0.4, 0.5) is 5.82 Å². The van der Waals surface area contributed by atoms with Crippen LogP contribution in [0.15, 0.2) is 28.3 Å². The Labute approximate surface area is 67.4 Å². The van der Waals surface area contributed by atoms with Gasteiger partial charge in [-0.2, -0.15) is 0 Å². The molecule has 11 heavy (non-hydrogen) atoms. The summed E-state index contributed by atoms with van der Waals surface area (Å²) in [5.41, 5.74) is 6.41. The number of nitrogens with two attached hydrogens (primary N) is 1.